The zero-order valence-corrected chi connectivity index (χ0v) is 6.68. The number of carbonyl (C=O) groups is 1. The van der Waals surface area contributed by atoms with Crippen LogP contribution in [0.2, 0.25) is 0 Å². The smallest absolute Gasteiger partial charge is 0.157 e. The molecule has 0 saturated carbocycles. The Balaban J connectivity index is 2.76. The van der Waals surface area contributed by atoms with Gasteiger partial charge in [-0.25, -0.2) is 0 Å². The average molecular weight is 153 g/mol. The fourth-order valence-electron chi connectivity index (χ4n) is 0.870. The summed E-state index contributed by atoms with van der Waals surface area (Å²) in [7, 11) is 1.58. The Morgan fingerprint density at radius 1 is 1.73 bits per heavy atom. The number of hydrogen-bond donors (Lipinski definition) is 1. The highest BCUT2D eigenvalue weighted by Gasteiger charge is 2.07. The van der Waals surface area contributed by atoms with Crippen LogP contribution in [-0.4, -0.2) is 19.4 Å². The lowest BCUT2D eigenvalue weighted by molar-refractivity contribution is -0.113. The molecule has 60 valence electrons. The van der Waals surface area contributed by atoms with Crippen LogP contribution in [0, 0.1) is 0 Å². The molecule has 1 heterocycles. The van der Waals surface area contributed by atoms with Crippen LogP contribution < -0.4 is 5.32 Å². The van der Waals surface area contributed by atoms with E-state index in [1.54, 1.807) is 26.3 Å². The van der Waals surface area contributed by atoms with Crippen LogP contribution in [0.5, 0.6) is 0 Å². The van der Waals surface area contributed by atoms with E-state index < -0.39 is 0 Å². The summed E-state index contributed by atoms with van der Waals surface area (Å²) in [6.07, 6.45) is 3.49. The van der Waals surface area contributed by atoms with Crippen molar-refractivity contribution < 1.29 is 9.53 Å². The van der Waals surface area contributed by atoms with Crippen LogP contribution in [0.3, 0.4) is 0 Å². The highest BCUT2D eigenvalue weighted by atomic mass is 16.5. The molecular weight excluding hydrogens is 142 g/mol. The van der Waals surface area contributed by atoms with Gasteiger partial charge in [-0.1, -0.05) is 0 Å². The average Bonchev–Trinajstić information content (AvgIpc) is 2.05. The van der Waals surface area contributed by atoms with E-state index in [1.165, 1.54) is 0 Å². The summed E-state index contributed by atoms with van der Waals surface area (Å²) < 4.78 is 4.94. The largest absolute Gasteiger partial charge is 0.495 e. The Bertz CT molecular complexity index is 228. The summed E-state index contributed by atoms with van der Waals surface area (Å²) in [5, 5.41) is 2.94. The van der Waals surface area contributed by atoms with Gasteiger partial charge in [0.05, 0.1) is 7.11 Å². The predicted molar refractivity (Wildman–Crippen MR) is 41.9 cm³/mol. The van der Waals surface area contributed by atoms with Crippen LogP contribution in [0.4, 0.5) is 0 Å². The van der Waals surface area contributed by atoms with Crippen molar-refractivity contribution in [3.63, 3.8) is 0 Å². The standard InChI is InChI=1S/C8H11NO2/c1-6(10)7-3-8(11-2)5-9-4-7/h3,5,9H,4H2,1-2H3. The van der Waals surface area contributed by atoms with E-state index >= 15 is 0 Å². The number of nitrogens with one attached hydrogen (secondary N) is 1. The third-order valence-electron chi connectivity index (χ3n) is 1.54. The zero-order chi connectivity index (χ0) is 8.27. The summed E-state index contributed by atoms with van der Waals surface area (Å²) in [6.45, 7) is 2.15. The normalized spacial score (nSPS) is 16.2. The molecule has 0 spiro atoms. The molecule has 1 rings (SSSR count). The topological polar surface area (TPSA) is 38.3 Å². The molecule has 0 saturated heterocycles. The quantitative estimate of drug-likeness (QED) is 0.631. The maximum absolute atomic E-state index is 10.9. The third kappa shape index (κ3) is 1.83. The first-order chi connectivity index (χ1) is 5.24. The summed E-state index contributed by atoms with van der Waals surface area (Å²) in [5.41, 5.74) is 0.754. The Morgan fingerprint density at radius 3 is 3.00 bits per heavy atom. The SMILES string of the molecule is COC1=CNCC(C(C)=O)=C1. The molecule has 0 aromatic rings. The lowest BCUT2D eigenvalue weighted by Crippen LogP contribution is -2.19. The van der Waals surface area contributed by atoms with Gasteiger partial charge in [-0.05, 0) is 13.0 Å². The first-order valence-corrected chi connectivity index (χ1v) is 3.43. The van der Waals surface area contributed by atoms with Gasteiger partial charge in [-0.2, -0.15) is 0 Å². The summed E-state index contributed by atoms with van der Waals surface area (Å²) in [4.78, 5) is 10.9. The van der Waals surface area contributed by atoms with Crippen LogP contribution >= 0.6 is 0 Å². The first-order valence-electron chi connectivity index (χ1n) is 3.43. The monoisotopic (exact) mass is 153 g/mol. The van der Waals surface area contributed by atoms with E-state index in [2.05, 4.69) is 5.32 Å². The van der Waals surface area contributed by atoms with Crippen molar-refractivity contribution in [2.45, 2.75) is 6.92 Å². The summed E-state index contributed by atoms with van der Waals surface area (Å²) in [5.74, 6) is 0.779. The van der Waals surface area contributed by atoms with E-state index in [0.717, 1.165) is 5.57 Å². The van der Waals surface area contributed by atoms with Gasteiger partial charge in [-0.3, -0.25) is 4.79 Å². The van der Waals surface area contributed by atoms with E-state index in [4.69, 9.17) is 4.74 Å². The van der Waals surface area contributed by atoms with Crippen LogP contribution in [0.15, 0.2) is 23.6 Å². The Labute approximate surface area is 65.7 Å². The number of carbonyl (C=O) groups excluding carboxylic acids is 1. The van der Waals surface area contributed by atoms with E-state index in [1.807, 2.05) is 0 Å². The second-order valence-electron chi connectivity index (χ2n) is 2.36. The highest BCUT2D eigenvalue weighted by Crippen LogP contribution is 2.07. The minimum absolute atomic E-state index is 0.0835. The van der Waals surface area contributed by atoms with Gasteiger partial charge in [0.25, 0.3) is 0 Å². The van der Waals surface area contributed by atoms with E-state index in [9.17, 15) is 4.79 Å². The minimum atomic E-state index is 0.0835. The molecule has 1 aliphatic heterocycles. The van der Waals surface area contributed by atoms with Gasteiger partial charge in [0, 0.05) is 18.3 Å². The molecule has 1 N–H and O–H groups in total. The van der Waals surface area contributed by atoms with Gasteiger partial charge in [-0.15, -0.1) is 0 Å². The zero-order valence-electron chi connectivity index (χ0n) is 6.68. The number of methoxy groups -OCH3 is 1. The Hall–Kier alpha value is -1.25. The number of hydrogen-bond acceptors (Lipinski definition) is 3. The summed E-state index contributed by atoms with van der Waals surface area (Å²) >= 11 is 0. The van der Waals surface area contributed by atoms with E-state index in [0.29, 0.717) is 12.3 Å². The number of allylic oxidation sites excluding steroid dienone is 1. The second-order valence-corrected chi connectivity index (χ2v) is 2.36. The number of ketones is 1. The van der Waals surface area contributed by atoms with Crippen molar-refractivity contribution in [3.05, 3.63) is 23.6 Å². The fraction of sp³-hybridized carbons (Fsp3) is 0.375. The molecule has 3 heteroatoms. The first kappa shape index (κ1) is 7.85. The number of dihydropyridines is 1. The molecule has 0 atom stereocenters. The van der Waals surface area contributed by atoms with E-state index in [-0.39, 0.29) is 5.78 Å². The molecular formula is C8H11NO2. The molecule has 0 fully saturated rings. The van der Waals surface area contributed by atoms with Gasteiger partial charge >= 0.3 is 0 Å². The number of ether oxygens (including phenoxy) is 1. The molecule has 0 aromatic heterocycles. The summed E-state index contributed by atoms with van der Waals surface area (Å²) in [6, 6.07) is 0. The highest BCUT2D eigenvalue weighted by molar-refractivity contribution is 5.94. The maximum Gasteiger partial charge on any atom is 0.157 e. The van der Waals surface area contributed by atoms with Crippen molar-refractivity contribution in [1.29, 1.82) is 0 Å². The fourth-order valence-corrected chi connectivity index (χ4v) is 0.870. The molecule has 0 bridgehead atoms. The van der Waals surface area contributed by atoms with Gasteiger partial charge < -0.3 is 10.1 Å². The Morgan fingerprint density at radius 2 is 2.45 bits per heavy atom. The van der Waals surface area contributed by atoms with Gasteiger partial charge in [0.15, 0.2) is 5.78 Å². The molecule has 0 aromatic carbocycles. The van der Waals surface area contributed by atoms with Crippen molar-refractivity contribution in [2.24, 2.45) is 0 Å². The number of rotatable bonds is 2. The van der Waals surface area contributed by atoms with Crippen molar-refractivity contribution in [2.75, 3.05) is 13.7 Å². The third-order valence-corrected chi connectivity index (χ3v) is 1.54. The van der Waals surface area contributed by atoms with Gasteiger partial charge in [0.2, 0.25) is 0 Å². The molecule has 3 nitrogen and oxygen atoms in total. The van der Waals surface area contributed by atoms with Crippen molar-refractivity contribution >= 4 is 5.78 Å². The number of Topliss-reactive ketones (excluding diaryl/α,β-unsaturated/α-hetero) is 1. The van der Waals surface area contributed by atoms with Crippen LogP contribution in [-0.2, 0) is 9.53 Å². The van der Waals surface area contributed by atoms with Crippen molar-refractivity contribution in [1.82, 2.24) is 5.32 Å². The minimum Gasteiger partial charge on any atom is -0.495 e. The van der Waals surface area contributed by atoms with Gasteiger partial charge in [0.1, 0.15) is 5.76 Å². The Kier molecular flexibility index (Phi) is 2.31. The molecule has 11 heavy (non-hydrogen) atoms. The lowest BCUT2D eigenvalue weighted by atomic mass is 10.1. The molecule has 0 radical (unpaired) electrons. The second kappa shape index (κ2) is 3.23. The van der Waals surface area contributed by atoms with Crippen molar-refractivity contribution in [3.8, 4) is 0 Å². The molecule has 1 aliphatic rings. The molecule has 0 unspecified atom stereocenters. The van der Waals surface area contributed by atoms with Crippen LogP contribution in [0.1, 0.15) is 6.92 Å². The molecule has 0 amide bonds. The molecule has 0 aliphatic carbocycles. The maximum atomic E-state index is 10.9. The van der Waals surface area contributed by atoms with Crippen LogP contribution in [0.25, 0.3) is 0 Å². The predicted octanol–water partition coefficient (Wildman–Crippen LogP) is 0.593. The lowest BCUT2D eigenvalue weighted by Gasteiger charge is -2.11.